The predicted octanol–water partition coefficient (Wildman–Crippen LogP) is 4.46. The molecule has 146 valence electrons. The quantitative estimate of drug-likeness (QED) is 0.337. The molecule has 5 rings (SSSR count). The van der Waals surface area contributed by atoms with Crippen LogP contribution in [-0.4, -0.2) is 32.8 Å². The molecule has 0 bridgehead atoms. The van der Waals surface area contributed by atoms with Crippen molar-refractivity contribution in [1.29, 1.82) is 0 Å². The second kappa shape index (κ2) is 7.35. The van der Waals surface area contributed by atoms with Crippen LogP contribution >= 0.6 is 11.3 Å². The number of benzene rings is 2. The number of hydrogen-bond acceptors (Lipinski definition) is 5. The lowest BCUT2D eigenvalue weighted by atomic mass is 10.1. The third-order valence-electron chi connectivity index (χ3n) is 5.21. The van der Waals surface area contributed by atoms with Crippen LogP contribution < -0.4 is 11.1 Å². The summed E-state index contributed by atoms with van der Waals surface area (Å²) in [5.41, 5.74) is 12.0. The van der Waals surface area contributed by atoms with E-state index in [2.05, 4.69) is 62.0 Å². The zero-order chi connectivity index (χ0) is 19.8. The van der Waals surface area contributed by atoms with Gasteiger partial charge >= 0.3 is 0 Å². The van der Waals surface area contributed by atoms with Gasteiger partial charge in [-0.3, -0.25) is 5.10 Å². The first-order chi connectivity index (χ1) is 14.2. The van der Waals surface area contributed by atoms with Gasteiger partial charge in [-0.05, 0) is 42.7 Å². The molecule has 0 spiro atoms. The topological polar surface area (TPSA) is 95.4 Å². The molecule has 3 aromatic heterocycles. The lowest BCUT2D eigenvalue weighted by Crippen LogP contribution is -2.31. The number of para-hydroxylation sites is 1. The van der Waals surface area contributed by atoms with Crippen molar-refractivity contribution in [2.45, 2.75) is 19.4 Å². The minimum atomic E-state index is 0.00601. The summed E-state index contributed by atoms with van der Waals surface area (Å²) in [6.07, 6.45) is 4.78. The lowest BCUT2D eigenvalue weighted by Gasteiger charge is -2.11. The fourth-order valence-electron chi connectivity index (χ4n) is 3.65. The molecule has 5 aromatic rings. The molecule has 6 nitrogen and oxygen atoms in total. The van der Waals surface area contributed by atoms with Crippen molar-refractivity contribution in [2.75, 3.05) is 11.9 Å². The number of aryl methyl sites for hydroxylation is 1. The largest absolute Gasteiger partial charge is 0.361 e. The maximum absolute atomic E-state index is 6.38. The Kier molecular flexibility index (Phi) is 4.54. The molecule has 0 unspecified atom stereocenters. The number of H-pyrrole nitrogens is 2. The zero-order valence-electron chi connectivity index (χ0n) is 16.1. The van der Waals surface area contributed by atoms with Crippen LogP contribution in [0.5, 0.6) is 0 Å². The highest BCUT2D eigenvalue weighted by atomic mass is 32.1. The monoisotopic (exact) mass is 402 g/mol. The van der Waals surface area contributed by atoms with Gasteiger partial charge in [0.1, 0.15) is 0 Å². The van der Waals surface area contributed by atoms with Crippen molar-refractivity contribution in [3.63, 3.8) is 0 Å². The zero-order valence-corrected chi connectivity index (χ0v) is 16.9. The Morgan fingerprint density at radius 2 is 2.07 bits per heavy atom. The van der Waals surface area contributed by atoms with E-state index in [9.17, 15) is 0 Å². The number of fused-ring (bicyclic) bond motifs is 2. The summed E-state index contributed by atoms with van der Waals surface area (Å²) < 4.78 is 0. The maximum atomic E-state index is 6.38. The molecule has 3 heterocycles. The van der Waals surface area contributed by atoms with Gasteiger partial charge in [-0.15, -0.1) is 0 Å². The number of hydrogen-bond donors (Lipinski definition) is 4. The molecular weight excluding hydrogens is 380 g/mol. The van der Waals surface area contributed by atoms with Crippen LogP contribution in [-0.2, 0) is 6.42 Å². The van der Waals surface area contributed by atoms with Gasteiger partial charge in [0.15, 0.2) is 5.13 Å². The number of nitrogens with two attached hydrogens (primary N) is 1. The Labute approximate surface area is 172 Å². The number of nitrogens with zero attached hydrogens (tertiary/aromatic N) is 2. The van der Waals surface area contributed by atoms with Crippen molar-refractivity contribution in [3.8, 4) is 10.4 Å². The van der Waals surface area contributed by atoms with Gasteiger partial charge in [0.05, 0.1) is 10.4 Å². The fourth-order valence-corrected chi connectivity index (χ4v) is 4.47. The van der Waals surface area contributed by atoms with E-state index in [4.69, 9.17) is 5.73 Å². The van der Waals surface area contributed by atoms with E-state index in [-0.39, 0.29) is 6.04 Å². The summed E-state index contributed by atoms with van der Waals surface area (Å²) in [6, 6.07) is 14.6. The Morgan fingerprint density at radius 1 is 1.17 bits per heavy atom. The third-order valence-corrected chi connectivity index (χ3v) is 6.21. The van der Waals surface area contributed by atoms with Crippen LogP contribution in [0.2, 0.25) is 0 Å². The first-order valence-corrected chi connectivity index (χ1v) is 10.4. The van der Waals surface area contributed by atoms with E-state index >= 15 is 0 Å². The van der Waals surface area contributed by atoms with E-state index in [1.165, 1.54) is 10.9 Å². The van der Waals surface area contributed by atoms with Gasteiger partial charge in [0, 0.05) is 47.0 Å². The Hall–Kier alpha value is -3.16. The summed E-state index contributed by atoms with van der Waals surface area (Å²) in [7, 11) is 0. The standard InChI is InChI=1S/C22H22N6S/c1-13-18-9-14(6-7-20(18)28-27-13)21-12-26-22(29-21)25-11-16(23)8-15-10-24-19-5-3-2-4-17(15)19/h2-7,9-10,12,16,24H,8,11,23H2,1H3,(H,25,26)(H,27,28)/t16-/m0/s1. The van der Waals surface area contributed by atoms with Gasteiger partial charge in [-0.25, -0.2) is 4.98 Å². The van der Waals surface area contributed by atoms with Crippen molar-refractivity contribution < 1.29 is 0 Å². The van der Waals surface area contributed by atoms with E-state index in [0.717, 1.165) is 44.1 Å². The predicted molar refractivity (Wildman–Crippen MR) is 120 cm³/mol. The van der Waals surface area contributed by atoms with Crippen LogP contribution in [0.25, 0.3) is 32.2 Å². The molecule has 29 heavy (non-hydrogen) atoms. The average Bonchev–Trinajstić information content (AvgIpc) is 3.46. The molecule has 2 aromatic carbocycles. The number of thiazole rings is 1. The van der Waals surface area contributed by atoms with Crippen LogP contribution in [0.3, 0.4) is 0 Å². The number of nitrogens with one attached hydrogen (secondary N) is 3. The second-order valence-electron chi connectivity index (χ2n) is 7.31. The van der Waals surface area contributed by atoms with E-state index in [1.807, 2.05) is 25.3 Å². The van der Waals surface area contributed by atoms with Crippen molar-refractivity contribution in [1.82, 2.24) is 20.2 Å². The normalized spacial score (nSPS) is 12.6. The van der Waals surface area contributed by atoms with Gasteiger partial charge in [0.2, 0.25) is 0 Å². The fraction of sp³-hybridized carbons (Fsp3) is 0.182. The van der Waals surface area contributed by atoms with Crippen LogP contribution in [0.1, 0.15) is 11.3 Å². The Morgan fingerprint density at radius 3 is 3.00 bits per heavy atom. The van der Waals surface area contributed by atoms with Crippen molar-refractivity contribution in [2.24, 2.45) is 5.73 Å². The average molecular weight is 403 g/mol. The molecule has 0 fully saturated rings. The Balaban J connectivity index is 1.25. The molecule has 0 saturated heterocycles. The minimum Gasteiger partial charge on any atom is -0.361 e. The number of rotatable bonds is 6. The molecule has 0 aliphatic carbocycles. The SMILES string of the molecule is Cc1[nH]nc2ccc(-c3cnc(NC[C@@H](N)Cc4c[nH]c5ccccc45)s3)cc12. The molecule has 1 atom stereocenters. The summed E-state index contributed by atoms with van der Waals surface area (Å²) >= 11 is 1.64. The third kappa shape index (κ3) is 3.50. The van der Waals surface area contributed by atoms with Crippen molar-refractivity contribution >= 4 is 38.3 Å². The smallest absolute Gasteiger partial charge is 0.183 e. The maximum Gasteiger partial charge on any atom is 0.183 e. The summed E-state index contributed by atoms with van der Waals surface area (Å²) in [5, 5.41) is 14.0. The highest BCUT2D eigenvalue weighted by molar-refractivity contribution is 7.18. The van der Waals surface area contributed by atoms with Gasteiger partial charge in [-0.2, -0.15) is 5.10 Å². The number of anilines is 1. The lowest BCUT2D eigenvalue weighted by molar-refractivity contribution is 0.702. The first-order valence-electron chi connectivity index (χ1n) is 9.63. The molecule has 0 radical (unpaired) electrons. The summed E-state index contributed by atoms with van der Waals surface area (Å²) in [6.45, 7) is 2.71. The molecule has 0 amide bonds. The molecule has 7 heteroatoms. The number of aromatic nitrogens is 4. The van der Waals surface area contributed by atoms with Crippen LogP contribution in [0.15, 0.2) is 54.9 Å². The van der Waals surface area contributed by atoms with Crippen LogP contribution in [0, 0.1) is 6.92 Å². The molecule has 0 aliphatic heterocycles. The molecule has 0 saturated carbocycles. The molecular formula is C22H22N6S. The Bertz CT molecular complexity index is 1280. The van der Waals surface area contributed by atoms with E-state index in [1.54, 1.807) is 11.3 Å². The summed E-state index contributed by atoms with van der Waals surface area (Å²) in [5.74, 6) is 0. The highest BCUT2D eigenvalue weighted by Crippen LogP contribution is 2.31. The minimum absolute atomic E-state index is 0.00601. The first kappa shape index (κ1) is 17.9. The highest BCUT2D eigenvalue weighted by Gasteiger charge is 2.11. The van der Waals surface area contributed by atoms with Gasteiger partial charge < -0.3 is 16.0 Å². The summed E-state index contributed by atoms with van der Waals surface area (Å²) in [4.78, 5) is 8.96. The van der Waals surface area contributed by atoms with Gasteiger partial charge in [0.25, 0.3) is 0 Å². The second-order valence-corrected chi connectivity index (χ2v) is 8.35. The van der Waals surface area contributed by atoms with E-state index < -0.39 is 0 Å². The van der Waals surface area contributed by atoms with Gasteiger partial charge in [-0.1, -0.05) is 35.6 Å². The molecule has 0 aliphatic rings. The van der Waals surface area contributed by atoms with Crippen molar-refractivity contribution in [3.05, 3.63) is 66.1 Å². The number of aromatic amines is 2. The van der Waals surface area contributed by atoms with E-state index in [0.29, 0.717) is 6.54 Å². The molecule has 5 N–H and O–H groups in total. The van der Waals surface area contributed by atoms with Crippen LogP contribution in [0.4, 0.5) is 5.13 Å².